The maximum atomic E-state index is 12.7. The molecule has 0 fully saturated rings. The molecule has 0 aliphatic heterocycles. The van der Waals surface area contributed by atoms with E-state index in [1.807, 2.05) is 0 Å². The zero-order chi connectivity index (χ0) is 46.0. The largest absolute Gasteiger partial charge is 0.472 e. The van der Waals surface area contributed by atoms with E-state index in [0.29, 0.717) is 6.61 Å². The molecule has 0 radical (unpaired) electrons. The number of rotatable bonds is 50. The van der Waals surface area contributed by atoms with Crippen molar-refractivity contribution in [2.75, 3.05) is 33.0 Å². The van der Waals surface area contributed by atoms with Crippen LogP contribution in [-0.2, 0) is 27.9 Å². The van der Waals surface area contributed by atoms with E-state index in [9.17, 15) is 19.4 Å². The van der Waals surface area contributed by atoms with Crippen molar-refractivity contribution >= 4 is 13.8 Å². The van der Waals surface area contributed by atoms with E-state index in [1.54, 1.807) is 0 Å². The standard InChI is InChI=1S/C53H99O9P/c1-3-5-7-9-11-13-15-17-19-21-23-25-26-28-30-32-34-36-38-40-42-44-46-59-49-52(50-61-63(57,58)60-48-51(55)47-54)62-53(56)45-43-41-39-37-35-33-31-29-27-24-22-20-18-16-14-12-10-8-6-4-2/h5,7,11,13,17,19,23,25,51-52,54-55H,3-4,6,8-10,12,14-16,18,20-22,24,26-50H2,1-2H3,(H,57,58)/b7-5-,13-11-,19-17-,25-23-. The van der Waals surface area contributed by atoms with Gasteiger partial charge in [0.1, 0.15) is 12.2 Å². The van der Waals surface area contributed by atoms with Crippen molar-refractivity contribution in [1.82, 2.24) is 0 Å². The number of carbonyl (C=O) groups is 1. The second kappa shape index (κ2) is 49.8. The number of hydrogen-bond donors (Lipinski definition) is 3. The number of allylic oxidation sites excluding steroid dienone is 8. The van der Waals surface area contributed by atoms with Crippen LogP contribution in [0.1, 0.15) is 239 Å². The number of aliphatic hydroxyl groups excluding tert-OH is 2. The Balaban J connectivity index is 4.06. The number of phosphoric ester groups is 1. The van der Waals surface area contributed by atoms with Crippen LogP contribution < -0.4 is 0 Å². The van der Waals surface area contributed by atoms with Crippen LogP contribution in [0.15, 0.2) is 48.6 Å². The first kappa shape index (κ1) is 61.4. The molecule has 10 heteroatoms. The van der Waals surface area contributed by atoms with Crippen LogP contribution in [-0.4, -0.2) is 66.3 Å². The van der Waals surface area contributed by atoms with Gasteiger partial charge in [-0.1, -0.05) is 229 Å². The highest BCUT2D eigenvalue weighted by Crippen LogP contribution is 2.43. The minimum Gasteiger partial charge on any atom is -0.457 e. The molecular weight excluding hydrogens is 812 g/mol. The molecule has 3 atom stereocenters. The van der Waals surface area contributed by atoms with E-state index in [1.165, 1.54) is 148 Å². The van der Waals surface area contributed by atoms with Gasteiger partial charge in [0.05, 0.1) is 26.4 Å². The molecule has 3 N–H and O–H groups in total. The van der Waals surface area contributed by atoms with Crippen molar-refractivity contribution in [2.24, 2.45) is 0 Å². The number of ether oxygens (including phenoxy) is 2. The lowest BCUT2D eigenvalue weighted by atomic mass is 10.0. The van der Waals surface area contributed by atoms with Crippen LogP contribution in [0, 0.1) is 0 Å². The minimum atomic E-state index is -4.53. The summed E-state index contributed by atoms with van der Waals surface area (Å²) >= 11 is 0. The average Bonchev–Trinajstić information content (AvgIpc) is 3.28. The topological polar surface area (TPSA) is 132 Å². The van der Waals surface area contributed by atoms with Gasteiger partial charge in [-0.15, -0.1) is 0 Å². The fraction of sp³-hybridized carbons (Fsp3) is 0.830. The summed E-state index contributed by atoms with van der Waals surface area (Å²) in [5.74, 6) is -0.381. The first-order valence-corrected chi connectivity index (χ1v) is 27.6. The Hall–Kier alpha value is -1.58. The van der Waals surface area contributed by atoms with E-state index < -0.39 is 33.2 Å². The molecule has 0 amide bonds. The molecule has 0 aliphatic carbocycles. The molecule has 0 aromatic rings. The fourth-order valence-corrected chi connectivity index (χ4v) is 8.14. The maximum absolute atomic E-state index is 12.7. The molecule has 0 saturated carbocycles. The molecular formula is C53H99O9P. The van der Waals surface area contributed by atoms with E-state index >= 15 is 0 Å². The average molecular weight is 911 g/mol. The summed E-state index contributed by atoms with van der Waals surface area (Å²) in [5, 5.41) is 18.4. The summed E-state index contributed by atoms with van der Waals surface area (Å²) in [7, 11) is -4.53. The minimum absolute atomic E-state index is 0.0468. The van der Waals surface area contributed by atoms with Gasteiger partial charge in [0, 0.05) is 13.0 Å². The summed E-state index contributed by atoms with van der Waals surface area (Å²) in [6, 6.07) is 0. The van der Waals surface area contributed by atoms with Gasteiger partial charge in [0.2, 0.25) is 0 Å². The number of aliphatic hydroxyl groups is 2. The Morgan fingerprint density at radius 2 is 0.905 bits per heavy atom. The zero-order valence-electron chi connectivity index (χ0n) is 40.8. The highest BCUT2D eigenvalue weighted by atomic mass is 31.2. The summed E-state index contributed by atoms with van der Waals surface area (Å²) in [4.78, 5) is 22.7. The monoisotopic (exact) mass is 911 g/mol. The second-order valence-electron chi connectivity index (χ2n) is 17.5. The lowest BCUT2D eigenvalue weighted by molar-refractivity contribution is -0.154. The lowest BCUT2D eigenvalue weighted by Crippen LogP contribution is -2.29. The summed E-state index contributed by atoms with van der Waals surface area (Å²) in [5.41, 5.74) is 0. The smallest absolute Gasteiger partial charge is 0.457 e. The maximum Gasteiger partial charge on any atom is 0.472 e. The Morgan fingerprint density at radius 3 is 1.37 bits per heavy atom. The first-order valence-electron chi connectivity index (χ1n) is 26.1. The zero-order valence-corrected chi connectivity index (χ0v) is 41.7. The Kier molecular flexibility index (Phi) is 48.6. The molecule has 0 bridgehead atoms. The number of hydrogen-bond acceptors (Lipinski definition) is 8. The van der Waals surface area contributed by atoms with E-state index in [4.69, 9.17) is 23.6 Å². The highest BCUT2D eigenvalue weighted by Gasteiger charge is 2.26. The Bertz CT molecular complexity index is 1120. The van der Waals surface area contributed by atoms with Crippen molar-refractivity contribution in [2.45, 2.75) is 251 Å². The molecule has 63 heavy (non-hydrogen) atoms. The Morgan fingerprint density at radius 1 is 0.508 bits per heavy atom. The Labute approximate surface area is 388 Å². The molecule has 0 rings (SSSR count). The van der Waals surface area contributed by atoms with Crippen LogP contribution in [0.25, 0.3) is 0 Å². The molecule has 9 nitrogen and oxygen atoms in total. The number of phosphoric acid groups is 1. The summed E-state index contributed by atoms with van der Waals surface area (Å²) < 4.78 is 33.6. The van der Waals surface area contributed by atoms with Crippen molar-refractivity contribution in [3.05, 3.63) is 48.6 Å². The van der Waals surface area contributed by atoms with Gasteiger partial charge in [-0.3, -0.25) is 13.8 Å². The molecule has 0 aliphatic rings. The third-order valence-corrected chi connectivity index (χ3v) is 12.2. The van der Waals surface area contributed by atoms with Gasteiger partial charge < -0.3 is 24.6 Å². The molecule has 0 spiro atoms. The van der Waals surface area contributed by atoms with Crippen LogP contribution in [0.4, 0.5) is 0 Å². The van der Waals surface area contributed by atoms with E-state index in [2.05, 4.69) is 62.5 Å². The van der Waals surface area contributed by atoms with Crippen LogP contribution in [0.3, 0.4) is 0 Å². The fourth-order valence-electron chi connectivity index (χ4n) is 7.35. The molecule has 370 valence electrons. The number of unbranched alkanes of at least 4 members (excludes halogenated alkanes) is 28. The predicted molar refractivity (Wildman–Crippen MR) is 265 cm³/mol. The van der Waals surface area contributed by atoms with Crippen LogP contribution >= 0.6 is 7.82 Å². The quantitative estimate of drug-likeness (QED) is 0.0236. The molecule has 0 saturated heterocycles. The van der Waals surface area contributed by atoms with E-state index in [-0.39, 0.29) is 25.6 Å². The van der Waals surface area contributed by atoms with Gasteiger partial charge in [-0.05, 0) is 51.4 Å². The summed E-state index contributed by atoms with van der Waals surface area (Å²) in [6.45, 7) is 3.44. The van der Waals surface area contributed by atoms with Crippen LogP contribution in [0.5, 0.6) is 0 Å². The first-order chi connectivity index (χ1) is 30.8. The number of carbonyl (C=O) groups excluding carboxylic acids is 1. The van der Waals surface area contributed by atoms with Gasteiger partial charge in [0.25, 0.3) is 0 Å². The van der Waals surface area contributed by atoms with Gasteiger partial charge in [-0.25, -0.2) is 4.57 Å². The third kappa shape index (κ3) is 49.7. The van der Waals surface area contributed by atoms with Crippen molar-refractivity contribution in [3.8, 4) is 0 Å². The molecule has 0 aromatic heterocycles. The second-order valence-corrected chi connectivity index (χ2v) is 19.0. The third-order valence-electron chi connectivity index (χ3n) is 11.3. The predicted octanol–water partition coefficient (Wildman–Crippen LogP) is 15.3. The van der Waals surface area contributed by atoms with Gasteiger partial charge in [0.15, 0.2) is 0 Å². The van der Waals surface area contributed by atoms with Crippen LogP contribution in [0.2, 0.25) is 0 Å². The van der Waals surface area contributed by atoms with Crippen molar-refractivity contribution < 1.29 is 43.0 Å². The molecule has 0 heterocycles. The SMILES string of the molecule is CC/C=C\C/C=C\C/C=C\C/C=C\CCCCCCCCCCCOCC(COP(=O)(O)OCC(O)CO)OC(=O)CCCCCCCCCCCCCCCCCCCCCC. The molecule has 3 unspecified atom stereocenters. The van der Waals surface area contributed by atoms with Crippen molar-refractivity contribution in [1.29, 1.82) is 0 Å². The highest BCUT2D eigenvalue weighted by molar-refractivity contribution is 7.47. The van der Waals surface area contributed by atoms with Gasteiger partial charge >= 0.3 is 13.8 Å². The lowest BCUT2D eigenvalue weighted by Gasteiger charge is -2.20. The summed E-state index contributed by atoms with van der Waals surface area (Å²) in [6.07, 6.45) is 57.9. The van der Waals surface area contributed by atoms with Gasteiger partial charge in [-0.2, -0.15) is 0 Å². The normalized spacial score (nSPS) is 14.2. The molecule has 0 aromatic carbocycles. The van der Waals surface area contributed by atoms with E-state index in [0.717, 1.165) is 70.6 Å². The number of esters is 1. The van der Waals surface area contributed by atoms with Crippen molar-refractivity contribution in [3.63, 3.8) is 0 Å².